The largest absolute Gasteiger partial charge is 0.352 e. The van der Waals surface area contributed by atoms with Gasteiger partial charge in [-0.25, -0.2) is 4.98 Å². The highest BCUT2D eigenvalue weighted by Crippen LogP contribution is 2.17. The van der Waals surface area contributed by atoms with Gasteiger partial charge in [-0.2, -0.15) is 0 Å². The van der Waals surface area contributed by atoms with E-state index in [-0.39, 0.29) is 5.91 Å². The van der Waals surface area contributed by atoms with Gasteiger partial charge in [-0.3, -0.25) is 4.79 Å². The fraction of sp³-hybridized carbons (Fsp3) is 0.100. The summed E-state index contributed by atoms with van der Waals surface area (Å²) in [5.41, 5.74) is 2.62. The van der Waals surface area contributed by atoms with Crippen molar-refractivity contribution in [1.29, 1.82) is 0 Å². The van der Waals surface area contributed by atoms with Gasteiger partial charge in [0.2, 0.25) is 0 Å². The third kappa shape index (κ3) is 5.06. The maximum absolute atomic E-state index is 12.2. The third-order valence-electron chi connectivity index (χ3n) is 3.68. The molecule has 4 nitrogen and oxygen atoms in total. The van der Waals surface area contributed by atoms with Crippen molar-refractivity contribution >= 4 is 29.0 Å². The molecule has 0 radical (unpaired) electrons. The first-order chi connectivity index (χ1) is 12.2. The van der Waals surface area contributed by atoms with Crippen LogP contribution in [-0.2, 0) is 6.42 Å². The molecule has 0 fully saturated rings. The van der Waals surface area contributed by atoms with Crippen LogP contribution in [0.15, 0.2) is 72.9 Å². The molecule has 1 aromatic heterocycles. The Morgan fingerprint density at radius 1 is 0.960 bits per heavy atom. The highest BCUT2D eigenvalue weighted by molar-refractivity contribution is 6.30. The number of rotatable bonds is 6. The SMILES string of the molecule is O=C(NCCc1ccccc1)c1ccc(Nc2ccc(Cl)cc2)nc1. The number of hydrogen-bond acceptors (Lipinski definition) is 3. The molecule has 0 saturated heterocycles. The fourth-order valence-electron chi connectivity index (χ4n) is 2.35. The van der Waals surface area contributed by atoms with Crippen LogP contribution in [0.25, 0.3) is 0 Å². The van der Waals surface area contributed by atoms with Gasteiger partial charge < -0.3 is 10.6 Å². The lowest BCUT2D eigenvalue weighted by Gasteiger charge is -2.08. The maximum atomic E-state index is 12.2. The van der Waals surface area contributed by atoms with Crippen molar-refractivity contribution in [2.75, 3.05) is 11.9 Å². The van der Waals surface area contributed by atoms with E-state index >= 15 is 0 Å². The number of nitrogens with one attached hydrogen (secondary N) is 2. The summed E-state index contributed by atoms with van der Waals surface area (Å²) < 4.78 is 0. The molecule has 2 N–H and O–H groups in total. The van der Waals surface area contributed by atoms with Gasteiger partial charge in [0.05, 0.1) is 5.56 Å². The Hall–Kier alpha value is -2.85. The smallest absolute Gasteiger partial charge is 0.252 e. The molecule has 0 saturated carbocycles. The van der Waals surface area contributed by atoms with Gasteiger partial charge in [-0.1, -0.05) is 41.9 Å². The van der Waals surface area contributed by atoms with Crippen LogP contribution in [0.3, 0.4) is 0 Å². The maximum Gasteiger partial charge on any atom is 0.252 e. The standard InChI is InChI=1S/C20H18ClN3O/c21-17-7-9-18(10-8-17)24-19-11-6-16(14-23-19)20(25)22-13-12-15-4-2-1-3-5-15/h1-11,14H,12-13H2,(H,22,25)(H,23,24). The topological polar surface area (TPSA) is 54.0 Å². The van der Waals surface area contributed by atoms with Gasteiger partial charge in [-0.05, 0) is 48.4 Å². The number of carbonyl (C=O) groups excluding carboxylic acids is 1. The van der Waals surface area contributed by atoms with Crippen LogP contribution < -0.4 is 10.6 Å². The van der Waals surface area contributed by atoms with Crippen molar-refractivity contribution in [3.63, 3.8) is 0 Å². The number of amides is 1. The first-order valence-corrected chi connectivity index (χ1v) is 8.39. The van der Waals surface area contributed by atoms with E-state index in [1.54, 1.807) is 30.5 Å². The molecule has 3 rings (SSSR count). The van der Waals surface area contributed by atoms with Crippen LogP contribution in [0.4, 0.5) is 11.5 Å². The molecule has 5 heteroatoms. The molecule has 0 spiro atoms. The fourth-order valence-corrected chi connectivity index (χ4v) is 2.48. The van der Waals surface area contributed by atoms with E-state index in [2.05, 4.69) is 15.6 Å². The summed E-state index contributed by atoms with van der Waals surface area (Å²) in [5, 5.41) is 6.75. The molecule has 126 valence electrons. The number of benzene rings is 2. The van der Waals surface area contributed by atoms with Crippen molar-refractivity contribution in [3.05, 3.63) is 89.1 Å². The van der Waals surface area contributed by atoms with Crippen LogP contribution >= 0.6 is 11.6 Å². The summed E-state index contributed by atoms with van der Waals surface area (Å²) in [6.07, 6.45) is 2.37. The monoisotopic (exact) mass is 351 g/mol. The normalized spacial score (nSPS) is 10.3. The average Bonchev–Trinajstić information content (AvgIpc) is 2.65. The molecular formula is C20H18ClN3O. The van der Waals surface area contributed by atoms with Crippen molar-refractivity contribution in [2.45, 2.75) is 6.42 Å². The zero-order valence-electron chi connectivity index (χ0n) is 13.6. The lowest BCUT2D eigenvalue weighted by molar-refractivity contribution is 0.0954. The van der Waals surface area contributed by atoms with E-state index in [1.807, 2.05) is 42.5 Å². The van der Waals surface area contributed by atoms with E-state index in [4.69, 9.17) is 11.6 Å². The van der Waals surface area contributed by atoms with Crippen LogP contribution in [-0.4, -0.2) is 17.4 Å². The minimum absolute atomic E-state index is 0.124. The van der Waals surface area contributed by atoms with Gasteiger partial charge in [0.15, 0.2) is 0 Å². The predicted molar refractivity (Wildman–Crippen MR) is 101 cm³/mol. The summed E-state index contributed by atoms with van der Waals surface area (Å²) in [6.45, 7) is 0.591. The summed E-state index contributed by atoms with van der Waals surface area (Å²) in [5.74, 6) is 0.546. The van der Waals surface area contributed by atoms with E-state index in [0.717, 1.165) is 12.1 Å². The Bertz CT molecular complexity index is 818. The number of aromatic nitrogens is 1. The Kier molecular flexibility index (Phi) is 5.65. The Morgan fingerprint density at radius 3 is 2.40 bits per heavy atom. The minimum atomic E-state index is -0.124. The number of carbonyl (C=O) groups is 1. The molecule has 25 heavy (non-hydrogen) atoms. The van der Waals surface area contributed by atoms with Crippen molar-refractivity contribution in [3.8, 4) is 0 Å². The Morgan fingerprint density at radius 2 is 1.72 bits per heavy atom. The highest BCUT2D eigenvalue weighted by Gasteiger charge is 2.06. The van der Waals surface area contributed by atoms with Crippen molar-refractivity contribution < 1.29 is 4.79 Å². The van der Waals surface area contributed by atoms with Crippen LogP contribution in [0, 0.1) is 0 Å². The molecule has 0 bridgehead atoms. The number of anilines is 2. The summed E-state index contributed by atoms with van der Waals surface area (Å²) in [4.78, 5) is 16.4. The van der Waals surface area contributed by atoms with Crippen LogP contribution in [0.2, 0.25) is 5.02 Å². The lowest BCUT2D eigenvalue weighted by atomic mass is 10.1. The quantitative estimate of drug-likeness (QED) is 0.689. The molecule has 0 aliphatic carbocycles. The minimum Gasteiger partial charge on any atom is -0.352 e. The summed E-state index contributed by atoms with van der Waals surface area (Å²) in [6, 6.07) is 20.9. The van der Waals surface area contributed by atoms with E-state index in [1.165, 1.54) is 5.56 Å². The number of halogens is 1. The second-order valence-electron chi connectivity index (χ2n) is 5.56. The molecular weight excluding hydrogens is 334 g/mol. The van der Waals surface area contributed by atoms with Crippen molar-refractivity contribution in [1.82, 2.24) is 10.3 Å². The van der Waals surface area contributed by atoms with Gasteiger partial charge in [-0.15, -0.1) is 0 Å². The number of hydrogen-bond donors (Lipinski definition) is 2. The first-order valence-electron chi connectivity index (χ1n) is 8.01. The highest BCUT2D eigenvalue weighted by atomic mass is 35.5. The second kappa shape index (κ2) is 8.31. The summed E-state index contributed by atoms with van der Waals surface area (Å²) >= 11 is 5.86. The molecule has 0 unspecified atom stereocenters. The molecule has 0 aliphatic heterocycles. The number of nitrogens with zero attached hydrogens (tertiary/aromatic N) is 1. The van der Waals surface area contributed by atoms with Crippen molar-refractivity contribution in [2.24, 2.45) is 0 Å². The summed E-state index contributed by atoms with van der Waals surface area (Å²) in [7, 11) is 0. The zero-order valence-corrected chi connectivity index (χ0v) is 14.3. The van der Waals surface area contributed by atoms with Crippen LogP contribution in [0.5, 0.6) is 0 Å². The second-order valence-corrected chi connectivity index (χ2v) is 5.99. The molecule has 1 amide bonds. The number of pyridine rings is 1. The van der Waals surface area contributed by atoms with Gasteiger partial charge in [0.25, 0.3) is 5.91 Å². The van der Waals surface area contributed by atoms with Crippen LogP contribution in [0.1, 0.15) is 15.9 Å². The Balaban J connectivity index is 1.52. The predicted octanol–water partition coefficient (Wildman–Crippen LogP) is 4.45. The lowest BCUT2D eigenvalue weighted by Crippen LogP contribution is -2.25. The zero-order chi connectivity index (χ0) is 17.5. The third-order valence-corrected chi connectivity index (χ3v) is 3.94. The molecule has 0 aliphatic rings. The van der Waals surface area contributed by atoms with Gasteiger partial charge in [0, 0.05) is 23.5 Å². The first kappa shape index (κ1) is 17.0. The van der Waals surface area contributed by atoms with Gasteiger partial charge >= 0.3 is 0 Å². The van der Waals surface area contributed by atoms with E-state index < -0.39 is 0 Å². The Labute approximate surface area is 151 Å². The van der Waals surface area contributed by atoms with Gasteiger partial charge in [0.1, 0.15) is 5.82 Å². The molecule has 2 aromatic carbocycles. The van der Waals surface area contributed by atoms with E-state index in [9.17, 15) is 4.79 Å². The molecule has 0 atom stereocenters. The molecule has 3 aromatic rings. The van der Waals surface area contributed by atoms with E-state index in [0.29, 0.717) is 22.9 Å². The average molecular weight is 352 g/mol. The molecule has 1 heterocycles.